The number of ketones is 1. The molecule has 0 fully saturated rings. The molecule has 0 unspecified atom stereocenters. The average Bonchev–Trinajstić information content (AvgIpc) is 2.79. The lowest BCUT2D eigenvalue weighted by molar-refractivity contribution is -0.0885. The number of benzene rings is 1. The molecule has 4 nitrogen and oxygen atoms in total. The second kappa shape index (κ2) is 5.98. The molecule has 0 aliphatic carbocycles. The summed E-state index contributed by atoms with van der Waals surface area (Å²) >= 11 is 0. The molecule has 0 N–H and O–H groups in total. The van der Waals surface area contributed by atoms with E-state index < -0.39 is 12.0 Å². The molecule has 0 aliphatic rings. The van der Waals surface area contributed by atoms with Crippen LogP contribution in [0.2, 0.25) is 0 Å². The molecule has 7 heteroatoms. The number of nitrogens with zero attached hydrogens (tertiary/aromatic N) is 1. The van der Waals surface area contributed by atoms with Crippen molar-refractivity contribution in [3.8, 4) is 17.2 Å². The van der Waals surface area contributed by atoms with Crippen LogP contribution in [0.3, 0.4) is 0 Å². The minimum absolute atomic E-state index is 0.219. The van der Waals surface area contributed by atoms with E-state index in [2.05, 4.69) is 0 Å². The number of methoxy groups -OCH3 is 2. The number of rotatable bonds is 4. The van der Waals surface area contributed by atoms with Crippen molar-refractivity contribution in [3.63, 3.8) is 0 Å². The van der Waals surface area contributed by atoms with Gasteiger partial charge in [0.25, 0.3) is 5.78 Å². The first-order valence-corrected chi connectivity index (χ1v) is 6.73. The predicted octanol–water partition coefficient (Wildman–Crippen LogP) is 3.86. The van der Waals surface area contributed by atoms with Crippen LogP contribution in [0.5, 0.6) is 11.5 Å². The monoisotopic (exact) mass is 327 g/mol. The number of alkyl halides is 3. The predicted molar refractivity (Wildman–Crippen MR) is 78.7 cm³/mol. The second-order valence-electron chi connectivity index (χ2n) is 4.99. The minimum atomic E-state index is -4.90. The van der Waals surface area contributed by atoms with E-state index in [-0.39, 0.29) is 11.3 Å². The molecular formula is C16H16F3NO3. The lowest BCUT2D eigenvalue weighted by Crippen LogP contribution is -2.23. The summed E-state index contributed by atoms with van der Waals surface area (Å²) in [5.41, 5.74) is 0.961. The Morgan fingerprint density at radius 1 is 1.04 bits per heavy atom. The normalized spacial score (nSPS) is 11.4. The molecule has 0 radical (unpaired) electrons. The maximum Gasteiger partial charge on any atom is 0.454 e. The van der Waals surface area contributed by atoms with Gasteiger partial charge in [0, 0.05) is 28.7 Å². The fourth-order valence-corrected chi connectivity index (χ4v) is 2.51. The van der Waals surface area contributed by atoms with Crippen molar-refractivity contribution in [3.05, 3.63) is 41.2 Å². The highest BCUT2D eigenvalue weighted by atomic mass is 19.4. The van der Waals surface area contributed by atoms with E-state index in [1.54, 1.807) is 29.7 Å². The van der Waals surface area contributed by atoms with Gasteiger partial charge in [-0.15, -0.1) is 0 Å². The van der Waals surface area contributed by atoms with E-state index >= 15 is 0 Å². The lowest BCUT2D eigenvalue weighted by Gasteiger charge is -2.14. The number of aryl methyl sites for hydroxylation is 1. The van der Waals surface area contributed by atoms with E-state index in [0.29, 0.717) is 22.9 Å². The second-order valence-corrected chi connectivity index (χ2v) is 4.99. The summed E-state index contributed by atoms with van der Waals surface area (Å²) in [5.74, 6) is -0.899. The van der Waals surface area contributed by atoms with Gasteiger partial charge in [-0.25, -0.2) is 0 Å². The van der Waals surface area contributed by atoms with Crippen LogP contribution >= 0.6 is 0 Å². The van der Waals surface area contributed by atoms with Gasteiger partial charge in [0.05, 0.1) is 14.2 Å². The first-order valence-electron chi connectivity index (χ1n) is 6.73. The molecule has 0 aliphatic heterocycles. The number of hydrogen-bond donors (Lipinski definition) is 0. The van der Waals surface area contributed by atoms with Gasteiger partial charge in [-0.2, -0.15) is 13.2 Å². The van der Waals surface area contributed by atoms with E-state index in [0.717, 1.165) is 0 Å². The molecule has 1 heterocycles. The number of ether oxygens (including phenoxy) is 2. The third-order valence-electron chi connectivity index (χ3n) is 3.56. The third-order valence-corrected chi connectivity index (χ3v) is 3.56. The summed E-state index contributed by atoms with van der Waals surface area (Å²) in [5, 5.41) is 0. The molecule has 0 saturated heterocycles. The van der Waals surface area contributed by atoms with Crippen molar-refractivity contribution in [1.82, 2.24) is 4.57 Å². The minimum Gasteiger partial charge on any atom is -0.493 e. The zero-order chi connectivity index (χ0) is 17.4. The SMILES string of the molecule is COc1ccc(-n2c(C)cc(C(=O)C(F)(F)F)c2C)cc1OC. The van der Waals surface area contributed by atoms with E-state index in [1.165, 1.54) is 27.2 Å². The van der Waals surface area contributed by atoms with Gasteiger partial charge in [-0.3, -0.25) is 4.79 Å². The Morgan fingerprint density at radius 3 is 2.17 bits per heavy atom. The highest BCUT2D eigenvalue weighted by Gasteiger charge is 2.41. The molecule has 0 amide bonds. The zero-order valence-corrected chi connectivity index (χ0v) is 13.1. The molecule has 2 aromatic rings. The fraction of sp³-hybridized carbons (Fsp3) is 0.312. The summed E-state index contributed by atoms with van der Waals surface area (Å²) in [6.07, 6.45) is -4.90. The Morgan fingerprint density at radius 2 is 1.65 bits per heavy atom. The number of aromatic nitrogens is 1. The number of carbonyl (C=O) groups is 1. The van der Waals surface area contributed by atoms with Gasteiger partial charge >= 0.3 is 6.18 Å². The quantitative estimate of drug-likeness (QED) is 0.801. The van der Waals surface area contributed by atoms with Crippen LogP contribution < -0.4 is 9.47 Å². The molecular weight excluding hydrogens is 311 g/mol. The van der Waals surface area contributed by atoms with Crippen LogP contribution in [0.15, 0.2) is 24.3 Å². The lowest BCUT2D eigenvalue weighted by atomic mass is 10.1. The van der Waals surface area contributed by atoms with Crippen LogP contribution in [0.4, 0.5) is 13.2 Å². The van der Waals surface area contributed by atoms with Crippen molar-refractivity contribution >= 4 is 5.78 Å². The molecule has 0 saturated carbocycles. The van der Waals surface area contributed by atoms with Gasteiger partial charge in [0.1, 0.15) is 0 Å². The number of Topliss-reactive ketones (excluding diaryl/α,β-unsaturated/α-hetero) is 1. The van der Waals surface area contributed by atoms with Crippen molar-refractivity contribution in [2.75, 3.05) is 14.2 Å². The summed E-state index contributed by atoms with van der Waals surface area (Å²) in [7, 11) is 2.96. The first kappa shape index (κ1) is 16.9. The van der Waals surface area contributed by atoms with Crippen molar-refractivity contribution in [1.29, 1.82) is 0 Å². The van der Waals surface area contributed by atoms with E-state index in [9.17, 15) is 18.0 Å². The first-order chi connectivity index (χ1) is 10.7. The smallest absolute Gasteiger partial charge is 0.454 e. The third kappa shape index (κ3) is 3.04. The van der Waals surface area contributed by atoms with Crippen LogP contribution in [0.25, 0.3) is 5.69 Å². The molecule has 1 aromatic heterocycles. The number of hydrogen-bond acceptors (Lipinski definition) is 3. The standard InChI is InChI=1S/C16H16F3NO3/c1-9-7-12(15(21)16(17,18)19)10(2)20(9)11-5-6-13(22-3)14(8-11)23-4/h5-8H,1-4H3. The van der Waals surface area contributed by atoms with Crippen molar-refractivity contribution in [2.45, 2.75) is 20.0 Å². The topological polar surface area (TPSA) is 40.5 Å². The maximum atomic E-state index is 12.7. The number of halogens is 3. The molecule has 1 aromatic carbocycles. The highest BCUT2D eigenvalue weighted by molar-refractivity contribution is 6.01. The van der Waals surface area contributed by atoms with Crippen molar-refractivity contribution < 1.29 is 27.4 Å². The average molecular weight is 327 g/mol. The van der Waals surface area contributed by atoms with Crippen molar-refractivity contribution in [2.24, 2.45) is 0 Å². The fourth-order valence-electron chi connectivity index (χ4n) is 2.51. The molecule has 0 atom stereocenters. The van der Waals surface area contributed by atoms with E-state index in [1.807, 2.05) is 0 Å². The Labute approximate surface area is 131 Å². The van der Waals surface area contributed by atoms with E-state index in [4.69, 9.17) is 9.47 Å². The van der Waals surface area contributed by atoms with Gasteiger partial charge in [-0.05, 0) is 32.0 Å². The molecule has 0 spiro atoms. The van der Waals surface area contributed by atoms with Crippen LogP contribution in [0, 0.1) is 13.8 Å². The summed E-state index contributed by atoms with van der Waals surface area (Å²) in [6.45, 7) is 3.11. The Hall–Kier alpha value is -2.44. The molecule has 124 valence electrons. The van der Waals surface area contributed by atoms with Crippen LogP contribution in [-0.2, 0) is 0 Å². The molecule has 2 rings (SSSR count). The molecule has 23 heavy (non-hydrogen) atoms. The van der Waals surface area contributed by atoms with Gasteiger partial charge in [-0.1, -0.05) is 0 Å². The maximum absolute atomic E-state index is 12.7. The summed E-state index contributed by atoms with van der Waals surface area (Å²) < 4.78 is 50.0. The number of carbonyl (C=O) groups excluding carboxylic acids is 1. The van der Waals surface area contributed by atoms with Gasteiger partial charge in [0.2, 0.25) is 0 Å². The Balaban J connectivity index is 2.58. The zero-order valence-electron chi connectivity index (χ0n) is 13.1. The summed E-state index contributed by atoms with van der Waals surface area (Å²) in [6, 6.07) is 6.21. The summed E-state index contributed by atoms with van der Waals surface area (Å²) in [4.78, 5) is 11.5. The Kier molecular flexibility index (Phi) is 4.40. The highest BCUT2D eigenvalue weighted by Crippen LogP contribution is 2.32. The largest absolute Gasteiger partial charge is 0.493 e. The van der Waals surface area contributed by atoms with Gasteiger partial charge in [0.15, 0.2) is 11.5 Å². The van der Waals surface area contributed by atoms with Crippen LogP contribution in [-0.4, -0.2) is 30.7 Å². The Bertz CT molecular complexity index is 748. The van der Waals surface area contributed by atoms with Gasteiger partial charge < -0.3 is 14.0 Å². The van der Waals surface area contributed by atoms with Crippen LogP contribution in [0.1, 0.15) is 21.7 Å². The molecule has 0 bridgehead atoms.